The third-order valence-corrected chi connectivity index (χ3v) is 5.16. The quantitative estimate of drug-likeness (QED) is 0.497. The van der Waals surface area contributed by atoms with Gasteiger partial charge < -0.3 is 19.6 Å². The molecule has 29 heavy (non-hydrogen) atoms. The highest BCUT2D eigenvalue weighted by Gasteiger charge is 2.17. The Kier molecular flexibility index (Phi) is 5.41. The summed E-state index contributed by atoms with van der Waals surface area (Å²) in [4.78, 5) is 18.8. The number of aromatic nitrogens is 4. The van der Waals surface area contributed by atoms with E-state index in [0.29, 0.717) is 24.9 Å². The molecule has 0 aliphatic carbocycles. The van der Waals surface area contributed by atoms with Crippen LogP contribution in [-0.2, 0) is 13.1 Å². The van der Waals surface area contributed by atoms with Crippen LogP contribution in [0.3, 0.4) is 0 Å². The van der Waals surface area contributed by atoms with Gasteiger partial charge >= 0.3 is 0 Å². The van der Waals surface area contributed by atoms with Gasteiger partial charge in [-0.1, -0.05) is 30.3 Å². The van der Waals surface area contributed by atoms with Crippen molar-refractivity contribution in [3.05, 3.63) is 47.4 Å². The number of rotatable bonds is 7. The molecule has 1 aromatic carbocycles. The van der Waals surface area contributed by atoms with E-state index in [1.807, 2.05) is 46.4 Å². The Hall–Kier alpha value is -3.04. The van der Waals surface area contributed by atoms with Gasteiger partial charge in [-0.3, -0.25) is 0 Å². The minimum Gasteiger partial charge on any atom is -0.360 e. The van der Waals surface area contributed by atoms with Crippen molar-refractivity contribution in [2.75, 3.05) is 38.4 Å². The van der Waals surface area contributed by atoms with Crippen LogP contribution in [0.2, 0.25) is 0 Å². The fraction of sp³-hybridized carbons (Fsp3) is 0.300. The molecule has 0 aliphatic rings. The SMILES string of the molecule is CN(C)Cc1nc(NCc2nc(N(C)C)no2)c2c(-c3ccccc3)csc2n1. The normalized spacial score (nSPS) is 11.3. The van der Waals surface area contributed by atoms with Crippen molar-refractivity contribution in [1.29, 1.82) is 0 Å². The molecule has 0 amide bonds. The highest BCUT2D eigenvalue weighted by atomic mass is 32.1. The summed E-state index contributed by atoms with van der Waals surface area (Å²) >= 11 is 1.63. The lowest BCUT2D eigenvalue weighted by Crippen LogP contribution is -2.14. The van der Waals surface area contributed by atoms with Crippen LogP contribution in [-0.4, -0.2) is 53.2 Å². The molecule has 0 radical (unpaired) electrons. The first kappa shape index (κ1) is 19.3. The summed E-state index contributed by atoms with van der Waals surface area (Å²) in [5, 5.41) is 10.5. The number of nitrogens with zero attached hydrogens (tertiary/aromatic N) is 6. The van der Waals surface area contributed by atoms with Crippen molar-refractivity contribution in [2.24, 2.45) is 0 Å². The van der Waals surface area contributed by atoms with Gasteiger partial charge in [-0.05, 0) is 24.8 Å². The predicted octanol–water partition coefficient (Wildman–Crippen LogP) is 3.48. The maximum Gasteiger partial charge on any atom is 0.265 e. The number of benzene rings is 1. The summed E-state index contributed by atoms with van der Waals surface area (Å²) < 4.78 is 5.34. The lowest BCUT2D eigenvalue weighted by atomic mass is 10.1. The van der Waals surface area contributed by atoms with Crippen LogP contribution in [0.5, 0.6) is 0 Å². The summed E-state index contributed by atoms with van der Waals surface area (Å²) in [5.74, 6) is 2.59. The van der Waals surface area contributed by atoms with Crippen molar-refractivity contribution in [1.82, 2.24) is 25.0 Å². The highest BCUT2D eigenvalue weighted by molar-refractivity contribution is 7.17. The molecule has 4 aromatic rings. The Bertz CT molecular complexity index is 1100. The van der Waals surface area contributed by atoms with Crippen LogP contribution < -0.4 is 10.2 Å². The van der Waals surface area contributed by atoms with Crippen molar-refractivity contribution >= 4 is 33.3 Å². The molecular weight excluding hydrogens is 386 g/mol. The number of thiophene rings is 1. The maximum atomic E-state index is 5.34. The number of hydrogen-bond donors (Lipinski definition) is 1. The molecule has 0 unspecified atom stereocenters. The second-order valence-electron chi connectivity index (χ2n) is 7.16. The molecule has 3 aromatic heterocycles. The third kappa shape index (κ3) is 4.20. The van der Waals surface area contributed by atoms with Crippen LogP contribution in [0.1, 0.15) is 11.7 Å². The molecule has 4 rings (SSSR count). The lowest BCUT2D eigenvalue weighted by Gasteiger charge is -2.12. The van der Waals surface area contributed by atoms with E-state index < -0.39 is 0 Å². The molecule has 3 heterocycles. The van der Waals surface area contributed by atoms with E-state index in [9.17, 15) is 0 Å². The number of hydrogen-bond acceptors (Lipinski definition) is 9. The summed E-state index contributed by atoms with van der Waals surface area (Å²) in [6, 6.07) is 10.3. The fourth-order valence-electron chi connectivity index (χ4n) is 2.96. The lowest BCUT2D eigenvalue weighted by molar-refractivity contribution is 0.382. The molecule has 0 aliphatic heterocycles. The van der Waals surface area contributed by atoms with Crippen molar-refractivity contribution in [3.63, 3.8) is 0 Å². The van der Waals surface area contributed by atoms with Gasteiger partial charge in [0.05, 0.1) is 18.5 Å². The van der Waals surface area contributed by atoms with Crippen molar-refractivity contribution < 1.29 is 4.52 Å². The highest BCUT2D eigenvalue weighted by Crippen LogP contribution is 2.37. The van der Waals surface area contributed by atoms with Crippen LogP contribution >= 0.6 is 11.3 Å². The van der Waals surface area contributed by atoms with Gasteiger partial charge in [-0.25, -0.2) is 9.97 Å². The minimum absolute atomic E-state index is 0.387. The van der Waals surface area contributed by atoms with Crippen molar-refractivity contribution in [2.45, 2.75) is 13.1 Å². The van der Waals surface area contributed by atoms with Crippen LogP contribution in [0.4, 0.5) is 11.8 Å². The average Bonchev–Trinajstić information content (AvgIpc) is 3.33. The van der Waals surface area contributed by atoms with E-state index in [1.165, 1.54) is 0 Å². The molecule has 0 bridgehead atoms. The van der Waals surface area contributed by atoms with Crippen LogP contribution in [0, 0.1) is 0 Å². The van der Waals surface area contributed by atoms with E-state index in [4.69, 9.17) is 14.5 Å². The van der Waals surface area contributed by atoms with Crippen LogP contribution in [0.15, 0.2) is 40.2 Å². The van der Waals surface area contributed by atoms with Gasteiger partial charge in [-0.2, -0.15) is 4.98 Å². The van der Waals surface area contributed by atoms with E-state index in [1.54, 1.807) is 16.2 Å². The molecule has 0 spiro atoms. The summed E-state index contributed by atoms with van der Waals surface area (Å²) in [6.07, 6.45) is 0. The second-order valence-corrected chi connectivity index (χ2v) is 8.02. The summed E-state index contributed by atoms with van der Waals surface area (Å²) in [6.45, 7) is 1.05. The molecule has 0 fully saturated rings. The van der Waals surface area contributed by atoms with Gasteiger partial charge in [-0.15, -0.1) is 11.3 Å². The Morgan fingerprint density at radius 3 is 2.52 bits per heavy atom. The Labute approximate surface area is 173 Å². The molecular formula is C20H23N7OS. The average molecular weight is 410 g/mol. The topological polar surface area (TPSA) is 83.2 Å². The predicted molar refractivity (Wildman–Crippen MR) is 116 cm³/mol. The first-order chi connectivity index (χ1) is 14.0. The molecule has 1 N–H and O–H groups in total. The Balaban J connectivity index is 1.73. The molecule has 8 nitrogen and oxygen atoms in total. The Morgan fingerprint density at radius 1 is 1.03 bits per heavy atom. The van der Waals surface area contributed by atoms with Gasteiger partial charge in [0.15, 0.2) is 0 Å². The zero-order valence-electron chi connectivity index (χ0n) is 16.9. The fourth-order valence-corrected chi connectivity index (χ4v) is 3.92. The molecule has 0 saturated heterocycles. The van der Waals surface area contributed by atoms with E-state index in [2.05, 4.69) is 37.9 Å². The third-order valence-electron chi connectivity index (χ3n) is 4.29. The zero-order chi connectivity index (χ0) is 20.4. The van der Waals surface area contributed by atoms with Gasteiger partial charge in [0.1, 0.15) is 16.5 Å². The van der Waals surface area contributed by atoms with Gasteiger partial charge in [0.2, 0.25) is 5.89 Å². The number of anilines is 2. The Morgan fingerprint density at radius 2 is 1.83 bits per heavy atom. The minimum atomic E-state index is 0.387. The van der Waals surface area contributed by atoms with Gasteiger partial charge in [0, 0.05) is 25.0 Å². The molecule has 0 atom stereocenters. The second kappa shape index (κ2) is 8.14. The van der Waals surface area contributed by atoms with E-state index >= 15 is 0 Å². The smallest absolute Gasteiger partial charge is 0.265 e. The molecule has 150 valence electrons. The standard InChI is InChI=1S/C20H23N7OS/c1-26(2)11-15-22-18(21-10-16-24-20(25-28-16)27(3)4)17-14(12-29-19(17)23-15)13-8-6-5-7-9-13/h5-9,12H,10-11H2,1-4H3,(H,21,22,23). The first-order valence-corrected chi connectivity index (χ1v) is 10.1. The van der Waals surface area contributed by atoms with E-state index in [0.717, 1.165) is 33.0 Å². The zero-order valence-corrected chi connectivity index (χ0v) is 17.7. The van der Waals surface area contributed by atoms with E-state index in [-0.39, 0.29) is 0 Å². The monoisotopic (exact) mass is 409 g/mol. The largest absolute Gasteiger partial charge is 0.360 e. The van der Waals surface area contributed by atoms with Crippen molar-refractivity contribution in [3.8, 4) is 11.1 Å². The van der Waals surface area contributed by atoms with Gasteiger partial charge in [0.25, 0.3) is 5.95 Å². The number of fused-ring (bicyclic) bond motifs is 1. The molecule has 9 heteroatoms. The van der Waals surface area contributed by atoms with Crippen LogP contribution in [0.25, 0.3) is 21.3 Å². The summed E-state index contributed by atoms with van der Waals surface area (Å²) in [5.41, 5.74) is 2.25. The maximum absolute atomic E-state index is 5.34. The first-order valence-electron chi connectivity index (χ1n) is 9.23. The number of nitrogens with one attached hydrogen (secondary N) is 1. The summed E-state index contributed by atoms with van der Waals surface area (Å²) in [7, 11) is 7.76. The molecule has 0 saturated carbocycles.